The average Bonchev–Trinajstić information content (AvgIpc) is 3.34. The van der Waals surface area contributed by atoms with Gasteiger partial charge in [0.1, 0.15) is 23.2 Å². The summed E-state index contributed by atoms with van der Waals surface area (Å²) >= 11 is 0. The Bertz CT molecular complexity index is 1280. The number of hydrogen-bond acceptors (Lipinski definition) is 7. The normalized spacial score (nSPS) is 10.9. The van der Waals surface area contributed by atoms with Crippen molar-refractivity contribution in [1.82, 2.24) is 0 Å². The van der Waals surface area contributed by atoms with Crippen LogP contribution in [-0.2, 0) is 9.53 Å². The van der Waals surface area contributed by atoms with Crippen molar-refractivity contribution in [3.05, 3.63) is 87.7 Å². The van der Waals surface area contributed by atoms with Crippen LogP contribution in [0, 0.1) is 21.4 Å². The lowest BCUT2D eigenvalue weighted by Crippen LogP contribution is -2.13. The number of hydrogen-bond donors (Lipinski definition) is 1. The summed E-state index contributed by atoms with van der Waals surface area (Å²) in [5.41, 5.74) is 0.967. The van der Waals surface area contributed by atoms with Gasteiger partial charge in [-0.25, -0.2) is 4.79 Å². The second kappa shape index (κ2) is 12.0. The van der Waals surface area contributed by atoms with Crippen LogP contribution < -0.4 is 5.32 Å². The quantitative estimate of drug-likeness (QED) is 0.0989. The number of nitro benzene ring substituents is 1. The van der Waals surface area contributed by atoms with Crippen molar-refractivity contribution in [3.8, 4) is 17.4 Å². The molecule has 3 rings (SSSR count). The van der Waals surface area contributed by atoms with Crippen LogP contribution >= 0.6 is 0 Å². The van der Waals surface area contributed by atoms with Crippen LogP contribution in [0.3, 0.4) is 0 Å². The Hall–Kier alpha value is -4.71. The van der Waals surface area contributed by atoms with Gasteiger partial charge in [0.05, 0.1) is 17.1 Å². The summed E-state index contributed by atoms with van der Waals surface area (Å²) in [5, 5.41) is 23.0. The lowest BCUT2D eigenvalue weighted by molar-refractivity contribution is -0.384. The second-order valence-electron chi connectivity index (χ2n) is 7.55. The van der Waals surface area contributed by atoms with E-state index in [9.17, 15) is 25.0 Å². The van der Waals surface area contributed by atoms with Crippen LogP contribution in [0.1, 0.15) is 42.3 Å². The number of non-ortho nitro benzene ring substituents is 1. The van der Waals surface area contributed by atoms with Crippen molar-refractivity contribution in [2.75, 3.05) is 11.9 Å². The maximum atomic E-state index is 12.6. The van der Waals surface area contributed by atoms with E-state index >= 15 is 0 Å². The van der Waals surface area contributed by atoms with Gasteiger partial charge in [-0.2, -0.15) is 5.26 Å². The van der Waals surface area contributed by atoms with Crippen molar-refractivity contribution in [2.24, 2.45) is 0 Å². The Morgan fingerprint density at radius 1 is 1.14 bits per heavy atom. The number of rotatable bonds is 10. The van der Waals surface area contributed by atoms with Crippen molar-refractivity contribution in [1.29, 1.82) is 5.26 Å². The van der Waals surface area contributed by atoms with Gasteiger partial charge in [0.25, 0.3) is 11.6 Å². The Balaban J connectivity index is 1.66. The minimum atomic E-state index is -0.657. The SMILES string of the molecule is CCCCCOC(=O)c1ccc(NC(=O)C(C#N)=Cc2ccc(-c3cccc([N+](=O)[O-])c3)o2)cc1. The predicted octanol–water partition coefficient (Wildman–Crippen LogP) is 5.75. The van der Waals surface area contributed by atoms with Gasteiger partial charge in [0.2, 0.25) is 0 Å². The lowest BCUT2D eigenvalue weighted by atomic mass is 10.1. The monoisotopic (exact) mass is 473 g/mol. The van der Waals surface area contributed by atoms with Crippen LogP contribution in [0.4, 0.5) is 11.4 Å². The summed E-state index contributed by atoms with van der Waals surface area (Å²) in [6, 6.07) is 17.1. The predicted molar refractivity (Wildman–Crippen MR) is 129 cm³/mol. The summed E-state index contributed by atoms with van der Waals surface area (Å²) < 4.78 is 10.8. The molecule has 9 nitrogen and oxygen atoms in total. The molecule has 178 valence electrons. The number of nitriles is 1. The zero-order valence-electron chi connectivity index (χ0n) is 19.0. The molecule has 3 aromatic rings. The molecule has 0 radical (unpaired) electrons. The van der Waals surface area contributed by atoms with E-state index in [0.29, 0.717) is 29.2 Å². The van der Waals surface area contributed by atoms with E-state index in [-0.39, 0.29) is 17.0 Å². The second-order valence-corrected chi connectivity index (χ2v) is 7.55. The Labute approximate surface area is 201 Å². The van der Waals surface area contributed by atoms with Crippen LogP contribution in [0.15, 0.2) is 70.7 Å². The number of carbonyl (C=O) groups excluding carboxylic acids is 2. The first-order chi connectivity index (χ1) is 16.9. The lowest BCUT2D eigenvalue weighted by Gasteiger charge is -2.07. The van der Waals surface area contributed by atoms with Crippen molar-refractivity contribution < 1.29 is 23.7 Å². The average molecular weight is 473 g/mol. The van der Waals surface area contributed by atoms with Gasteiger partial charge in [-0.05, 0) is 42.8 Å². The molecule has 35 heavy (non-hydrogen) atoms. The molecule has 9 heteroatoms. The zero-order chi connectivity index (χ0) is 25.2. The van der Waals surface area contributed by atoms with Gasteiger partial charge in [-0.3, -0.25) is 14.9 Å². The molecule has 0 atom stereocenters. The molecule has 1 amide bonds. The minimum Gasteiger partial charge on any atom is -0.462 e. The van der Waals surface area contributed by atoms with Crippen LogP contribution in [-0.4, -0.2) is 23.4 Å². The first-order valence-corrected chi connectivity index (χ1v) is 11.0. The third-order valence-corrected chi connectivity index (χ3v) is 4.98. The topological polar surface area (TPSA) is 135 Å². The molecule has 0 saturated heterocycles. The third kappa shape index (κ3) is 6.88. The van der Waals surface area contributed by atoms with Crippen LogP contribution in [0.2, 0.25) is 0 Å². The molecular weight excluding hydrogens is 450 g/mol. The number of esters is 1. The van der Waals surface area contributed by atoms with Gasteiger partial charge >= 0.3 is 5.97 Å². The maximum absolute atomic E-state index is 12.6. The molecule has 0 aliphatic rings. The zero-order valence-corrected chi connectivity index (χ0v) is 19.0. The largest absolute Gasteiger partial charge is 0.462 e. The number of nitro groups is 1. The number of carbonyl (C=O) groups is 2. The number of ether oxygens (including phenoxy) is 1. The van der Waals surface area contributed by atoms with Crippen molar-refractivity contribution in [2.45, 2.75) is 26.2 Å². The molecule has 0 spiro atoms. The maximum Gasteiger partial charge on any atom is 0.338 e. The number of nitrogens with one attached hydrogen (secondary N) is 1. The van der Waals surface area contributed by atoms with E-state index in [0.717, 1.165) is 19.3 Å². The highest BCUT2D eigenvalue weighted by atomic mass is 16.6. The molecule has 0 aliphatic heterocycles. The third-order valence-electron chi connectivity index (χ3n) is 4.98. The number of nitrogens with zero attached hydrogens (tertiary/aromatic N) is 2. The summed E-state index contributed by atoms with van der Waals surface area (Å²) in [6.45, 7) is 2.42. The molecule has 0 bridgehead atoms. The Kier molecular flexibility index (Phi) is 8.51. The standard InChI is InChI=1S/C26H23N3O6/c1-2-3-4-14-34-26(31)18-8-10-21(11-9-18)28-25(30)20(17-27)16-23-12-13-24(35-23)19-6-5-7-22(15-19)29(32)33/h5-13,15-16H,2-4,14H2,1H3,(H,28,30). The van der Waals surface area contributed by atoms with Gasteiger partial charge in [0.15, 0.2) is 0 Å². The van der Waals surface area contributed by atoms with Crippen molar-refractivity contribution >= 4 is 29.3 Å². The molecule has 2 aromatic carbocycles. The summed E-state index contributed by atoms with van der Waals surface area (Å²) in [4.78, 5) is 35.1. The van der Waals surface area contributed by atoms with Crippen LogP contribution in [0.5, 0.6) is 0 Å². The number of furan rings is 1. The highest BCUT2D eigenvalue weighted by molar-refractivity contribution is 6.09. The van der Waals surface area contributed by atoms with E-state index in [1.165, 1.54) is 36.4 Å². The highest BCUT2D eigenvalue weighted by Crippen LogP contribution is 2.26. The molecule has 0 aliphatic carbocycles. The van der Waals surface area contributed by atoms with Gasteiger partial charge in [-0.1, -0.05) is 31.9 Å². The van der Waals surface area contributed by atoms with Crippen LogP contribution in [0.25, 0.3) is 17.4 Å². The fraction of sp³-hybridized carbons (Fsp3) is 0.192. The Morgan fingerprint density at radius 2 is 1.91 bits per heavy atom. The first-order valence-electron chi connectivity index (χ1n) is 11.0. The fourth-order valence-electron chi connectivity index (χ4n) is 3.14. The number of unbranched alkanes of at least 4 members (excludes halogenated alkanes) is 2. The van der Waals surface area contributed by atoms with E-state index in [2.05, 4.69) is 12.2 Å². The number of anilines is 1. The molecule has 1 N–H and O–H groups in total. The number of benzene rings is 2. The van der Waals surface area contributed by atoms with E-state index in [1.807, 2.05) is 6.07 Å². The van der Waals surface area contributed by atoms with Gasteiger partial charge in [0, 0.05) is 29.5 Å². The Morgan fingerprint density at radius 3 is 2.60 bits per heavy atom. The van der Waals surface area contributed by atoms with Gasteiger partial charge in [-0.15, -0.1) is 0 Å². The smallest absolute Gasteiger partial charge is 0.338 e. The van der Waals surface area contributed by atoms with E-state index in [4.69, 9.17) is 9.15 Å². The summed E-state index contributed by atoms with van der Waals surface area (Å²) in [5.74, 6) is -0.501. The number of amides is 1. The van der Waals surface area contributed by atoms with Crippen molar-refractivity contribution in [3.63, 3.8) is 0 Å². The molecule has 1 heterocycles. The van der Waals surface area contributed by atoms with E-state index in [1.54, 1.807) is 30.3 Å². The van der Waals surface area contributed by atoms with Gasteiger partial charge < -0.3 is 14.5 Å². The van der Waals surface area contributed by atoms with E-state index < -0.39 is 16.8 Å². The summed E-state index contributed by atoms with van der Waals surface area (Å²) in [6.07, 6.45) is 4.10. The first kappa shape index (κ1) is 24.9. The molecule has 0 saturated carbocycles. The molecular formula is C26H23N3O6. The molecule has 1 aromatic heterocycles. The fourth-order valence-corrected chi connectivity index (χ4v) is 3.14. The highest BCUT2D eigenvalue weighted by Gasteiger charge is 2.14. The summed E-state index contributed by atoms with van der Waals surface area (Å²) in [7, 11) is 0. The minimum absolute atomic E-state index is 0.0798. The molecule has 0 unspecified atom stereocenters. The molecule has 0 fully saturated rings.